The number of rotatable bonds is 1. The van der Waals surface area contributed by atoms with E-state index < -0.39 is 0 Å². The summed E-state index contributed by atoms with van der Waals surface area (Å²) in [6, 6.07) is 8.04. The molecular weight excluding hydrogens is 364 g/mol. The number of benzene rings is 1. The molecule has 1 nitrogen and oxygen atoms in total. The number of fused-ring (bicyclic) bond motifs is 5. The molecule has 152 valence electrons. The molecule has 4 aliphatic rings. The van der Waals surface area contributed by atoms with Crippen LogP contribution in [0.5, 0.6) is 0 Å². The molecule has 0 radical (unpaired) electrons. The van der Waals surface area contributed by atoms with Crippen LogP contribution in [0.1, 0.15) is 77.2 Å². The maximum absolute atomic E-state index is 11.4. The highest BCUT2D eigenvalue weighted by Crippen LogP contribution is 2.67. The van der Waals surface area contributed by atoms with Gasteiger partial charge in [-0.2, -0.15) is 0 Å². The Kier molecular flexibility index (Phi) is 4.71. The summed E-state index contributed by atoms with van der Waals surface area (Å²) in [7, 11) is 0. The molecule has 0 unspecified atom stereocenters. The quantitative estimate of drug-likeness (QED) is 0.533. The third kappa shape index (κ3) is 2.76. The van der Waals surface area contributed by atoms with E-state index in [1.54, 1.807) is 0 Å². The molecule has 0 aliphatic heterocycles. The van der Waals surface area contributed by atoms with Crippen molar-refractivity contribution in [3.63, 3.8) is 0 Å². The van der Waals surface area contributed by atoms with Crippen LogP contribution in [0.25, 0.3) is 6.08 Å². The van der Waals surface area contributed by atoms with Crippen molar-refractivity contribution in [3.05, 3.63) is 40.4 Å². The van der Waals surface area contributed by atoms with Crippen LogP contribution >= 0.6 is 11.6 Å². The van der Waals surface area contributed by atoms with Crippen LogP contribution in [0.2, 0.25) is 5.02 Å². The zero-order chi connectivity index (χ0) is 19.5. The smallest absolute Gasteiger partial charge is 0.0809 e. The molecular formula is C26H35ClO. The first-order valence-electron chi connectivity index (χ1n) is 11.6. The molecule has 4 aliphatic carbocycles. The van der Waals surface area contributed by atoms with E-state index in [1.165, 1.54) is 56.9 Å². The number of aliphatic hydroxyl groups is 1. The van der Waals surface area contributed by atoms with Crippen LogP contribution in [-0.2, 0) is 0 Å². The van der Waals surface area contributed by atoms with Crippen molar-refractivity contribution in [2.75, 3.05) is 0 Å². The lowest BCUT2D eigenvalue weighted by molar-refractivity contribution is -0.119. The van der Waals surface area contributed by atoms with Crippen molar-refractivity contribution in [3.8, 4) is 0 Å². The van der Waals surface area contributed by atoms with Crippen molar-refractivity contribution in [2.24, 2.45) is 34.5 Å². The normalized spacial score (nSPS) is 46.7. The first-order valence-corrected chi connectivity index (χ1v) is 11.9. The van der Waals surface area contributed by atoms with Crippen molar-refractivity contribution in [1.82, 2.24) is 0 Å². The first kappa shape index (κ1) is 19.2. The highest BCUT2D eigenvalue weighted by atomic mass is 35.5. The highest BCUT2D eigenvalue weighted by Gasteiger charge is 2.60. The summed E-state index contributed by atoms with van der Waals surface area (Å²) in [6.45, 7) is 5.00. The Hall–Kier alpha value is -0.790. The monoisotopic (exact) mass is 398 g/mol. The highest BCUT2D eigenvalue weighted by molar-refractivity contribution is 6.32. The minimum Gasteiger partial charge on any atom is -0.388 e. The van der Waals surface area contributed by atoms with E-state index in [1.807, 2.05) is 18.2 Å². The second kappa shape index (κ2) is 6.88. The van der Waals surface area contributed by atoms with Gasteiger partial charge in [-0.1, -0.05) is 62.6 Å². The maximum atomic E-state index is 11.4. The van der Waals surface area contributed by atoms with Gasteiger partial charge in [0, 0.05) is 10.4 Å². The van der Waals surface area contributed by atoms with Crippen molar-refractivity contribution in [2.45, 2.75) is 77.7 Å². The van der Waals surface area contributed by atoms with E-state index in [4.69, 9.17) is 11.6 Å². The average Bonchev–Trinajstić information content (AvgIpc) is 2.94. The van der Waals surface area contributed by atoms with Gasteiger partial charge < -0.3 is 5.11 Å². The van der Waals surface area contributed by atoms with Crippen molar-refractivity contribution in [1.29, 1.82) is 0 Å². The zero-order valence-electron chi connectivity index (χ0n) is 17.5. The Morgan fingerprint density at radius 2 is 1.79 bits per heavy atom. The SMILES string of the molecule is C[C@]12CCCC[C@H]1CC[C@@H]1[C@@H]2CC[C@]2(C)[C@H](O)/C(=C/c3ccccc3Cl)C[C@@H]12. The minimum absolute atomic E-state index is 0.0477. The standard InChI is InChI=1S/C26H35ClO/c1-25-13-6-5-8-19(25)10-11-20-21(25)12-14-26(2)22(20)16-18(24(26)28)15-17-7-3-4-9-23(17)27/h3-4,7,9,15,19-22,24,28H,5-6,8,10-14,16H2,1-2H3/b18-15+/t19-,20+,21-,22-,24+,25-,26-/m0/s1. The van der Waals surface area contributed by atoms with Gasteiger partial charge >= 0.3 is 0 Å². The van der Waals surface area contributed by atoms with Crippen LogP contribution < -0.4 is 0 Å². The van der Waals surface area contributed by atoms with E-state index in [9.17, 15) is 5.11 Å². The molecule has 0 spiro atoms. The summed E-state index contributed by atoms with van der Waals surface area (Å²) < 4.78 is 0. The zero-order valence-corrected chi connectivity index (χ0v) is 18.2. The van der Waals surface area contributed by atoms with Gasteiger partial charge in [0.1, 0.15) is 0 Å². The number of hydrogen-bond acceptors (Lipinski definition) is 1. The molecule has 0 heterocycles. The van der Waals surface area contributed by atoms with Gasteiger partial charge in [-0.25, -0.2) is 0 Å². The average molecular weight is 399 g/mol. The molecule has 4 fully saturated rings. The molecule has 0 aromatic heterocycles. The molecule has 28 heavy (non-hydrogen) atoms. The molecule has 5 rings (SSSR count). The van der Waals surface area contributed by atoms with Gasteiger partial charge in [0.25, 0.3) is 0 Å². The maximum Gasteiger partial charge on any atom is 0.0809 e. The Morgan fingerprint density at radius 1 is 0.964 bits per heavy atom. The van der Waals surface area contributed by atoms with Gasteiger partial charge in [-0.05, 0) is 91.2 Å². The predicted octanol–water partition coefficient (Wildman–Crippen LogP) is 7.13. The van der Waals surface area contributed by atoms with E-state index in [-0.39, 0.29) is 11.5 Å². The summed E-state index contributed by atoms with van der Waals surface area (Å²) in [6.07, 6.45) is 14.0. The molecule has 0 amide bonds. The van der Waals surface area contributed by atoms with Gasteiger partial charge in [0.2, 0.25) is 0 Å². The Labute approximate surface area is 175 Å². The van der Waals surface area contributed by atoms with Crippen molar-refractivity contribution < 1.29 is 5.11 Å². The lowest BCUT2D eigenvalue weighted by Gasteiger charge is -2.60. The van der Waals surface area contributed by atoms with Crippen LogP contribution in [-0.4, -0.2) is 11.2 Å². The van der Waals surface area contributed by atoms with E-state index in [0.29, 0.717) is 11.3 Å². The Bertz CT molecular complexity index is 784. The molecule has 4 saturated carbocycles. The molecule has 1 N–H and O–H groups in total. The molecule has 0 saturated heterocycles. The van der Waals surface area contributed by atoms with E-state index in [2.05, 4.69) is 26.0 Å². The number of halogens is 1. The second-order valence-corrected chi connectivity index (χ2v) is 11.2. The number of aliphatic hydroxyl groups excluding tert-OH is 1. The molecule has 1 aromatic rings. The summed E-state index contributed by atoms with van der Waals surface area (Å²) in [5.74, 6) is 3.26. The molecule has 1 aromatic carbocycles. The molecule has 7 atom stereocenters. The third-order valence-electron chi connectivity index (χ3n) is 9.70. The van der Waals surface area contributed by atoms with Gasteiger partial charge in [0.15, 0.2) is 0 Å². The van der Waals surface area contributed by atoms with Crippen LogP contribution in [0.4, 0.5) is 0 Å². The Morgan fingerprint density at radius 3 is 2.61 bits per heavy atom. The minimum atomic E-state index is -0.313. The van der Waals surface area contributed by atoms with E-state index >= 15 is 0 Å². The van der Waals surface area contributed by atoms with Gasteiger partial charge in [-0.15, -0.1) is 0 Å². The molecule has 2 heteroatoms. The fourth-order valence-corrected chi connectivity index (χ4v) is 8.28. The summed E-state index contributed by atoms with van der Waals surface area (Å²) in [5.41, 5.74) is 2.88. The predicted molar refractivity (Wildman–Crippen MR) is 117 cm³/mol. The fraction of sp³-hybridized carbons (Fsp3) is 0.692. The van der Waals surface area contributed by atoms with Gasteiger partial charge in [-0.3, -0.25) is 0 Å². The summed E-state index contributed by atoms with van der Waals surface area (Å²) in [4.78, 5) is 0. The first-order chi connectivity index (χ1) is 13.4. The van der Waals surface area contributed by atoms with Crippen LogP contribution in [0.15, 0.2) is 29.8 Å². The largest absolute Gasteiger partial charge is 0.388 e. The lowest BCUT2D eigenvalue weighted by Crippen LogP contribution is -2.53. The summed E-state index contributed by atoms with van der Waals surface area (Å²) >= 11 is 6.42. The van der Waals surface area contributed by atoms with Crippen molar-refractivity contribution >= 4 is 17.7 Å². The second-order valence-electron chi connectivity index (χ2n) is 10.8. The van der Waals surface area contributed by atoms with E-state index in [0.717, 1.165) is 34.8 Å². The lowest BCUT2D eigenvalue weighted by atomic mass is 9.45. The Balaban J connectivity index is 1.47. The fourth-order valence-electron chi connectivity index (χ4n) is 8.09. The molecule has 0 bridgehead atoms. The number of hydrogen-bond donors (Lipinski definition) is 1. The van der Waals surface area contributed by atoms with Crippen LogP contribution in [0.3, 0.4) is 0 Å². The topological polar surface area (TPSA) is 20.2 Å². The summed E-state index contributed by atoms with van der Waals surface area (Å²) in [5, 5.41) is 12.2. The third-order valence-corrected chi connectivity index (χ3v) is 10.0. The van der Waals surface area contributed by atoms with Crippen LogP contribution in [0, 0.1) is 34.5 Å². The van der Waals surface area contributed by atoms with Gasteiger partial charge in [0.05, 0.1) is 6.10 Å².